The van der Waals surface area contributed by atoms with E-state index in [1.165, 1.54) is 0 Å². The molecular formula is C3H4N2O3. The molecular weight excluding hydrogens is 112 g/mol. The van der Waals surface area contributed by atoms with Gasteiger partial charge in [0.2, 0.25) is 5.71 Å². The summed E-state index contributed by atoms with van der Waals surface area (Å²) in [5.74, 6) is 3.05. The summed E-state index contributed by atoms with van der Waals surface area (Å²) >= 11 is 0. The van der Waals surface area contributed by atoms with Crippen LogP contribution in [0.15, 0.2) is 5.10 Å². The van der Waals surface area contributed by atoms with Crippen LogP contribution in [0.3, 0.4) is 0 Å². The Hall–Kier alpha value is -1.39. The van der Waals surface area contributed by atoms with Crippen molar-refractivity contribution in [2.75, 3.05) is 0 Å². The molecule has 0 aromatic heterocycles. The number of carboxylic acids is 1. The first-order valence-corrected chi connectivity index (χ1v) is 1.68. The number of hydrogen-bond acceptors (Lipinski definition) is 4. The van der Waals surface area contributed by atoms with Gasteiger partial charge in [-0.25, -0.2) is 4.79 Å². The topological polar surface area (TPSA) is 92.8 Å². The molecule has 0 aliphatic heterocycles. The molecule has 0 spiro atoms. The highest BCUT2D eigenvalue weighted by Gasteiger charge is 2.04. The van der Waals surface area contributed by atoms with Crippen molar-refractivity contribution in [3.63, 3.8) is 0 Å². The second kappa shape index (κ2) is 2.73. The molecule has 0 fully saturated rings. The van der Waals surface area contributed by atoms with E-state index in [4.69, 9.17) is 5.11 Å². The van der Waals surface area contributed by atoms with Crippen molar-refractivity contribution in [1.82, 2.24) is 0 Å². The number of aliphatic carboxylic acids is 1. The van der Waals surface area contributed by atoms with Crippen molar-refractivity contribution in [2.24, 2.45) is 10.9 Å². The Labute approximate surface area is 44.8 Å². The predicted octanol–water partition coefficient (Wildman–Crippen LogP) is -1.42. The molecule has 5 nitrogen and oxygen atoms in total. The minimum Gasteiger partial charge on any atom is -0.476 e. The number of carbonyl (C=O) groups excluding carboxylic acids is 1. The molecule has 0 bridgehead atoms. The van der Waals surface area contributed by atoms with Gasteiger partial charge in [0.15, 0.2) is 6.29 Å². The third-order valence-electron chi connectivity index (χ3n) is 0.470. The number of aldehydes is 1. The van der Waals surface area contributed by atoms with Crippen molar-refractivity contribution in [3.8, 4) is 0 Å². The van der Waals surface area contributed by atoms with Crippen LogP contribution in [0.1, 0.15) is 0 Å². The van der Waals surface area contributed by atoms with E-state index in [9.17, 15) is 9.59 Å². The summed E-state index contributed by atoms with van der Waals surface area (Å²) in [6.45, 7) is 0. The van der Waals surface area contributed by atoms with Gasteiger partial charge in [0.1, 0.15) is 0 Å². The van der Waals surface area contributed by atoms with E-state index in [1.54, 1.807) is 0 Å². The van der Waals surface area contributed by atoms with E-state index >= 15 is 0 Å². The third kappa shape index (κ3) is 1.38. The van der Waals surface area contributed by atoms with E-state index < -0.39 is 11.7 Å². The molecule has 3 N–H and O–H groups in total. The average molecular weight is 116 g/mol. The molecule has 0 saturated carbocycles. The van der Waals surface area contributed by atoms with Gasteiger partial charge in [-0.1, -0.05) is 0 Å². The van der Waals surface area contributed by atoms with Crippen LogP contribution in [-0.4, -0.2) is 23.1 Å². The van der Waals surface area contributed by atoms with Gasteiger partial charge in [-0.05, 0) is 0 Å². The molecule has 0 atom stereocenters. The standard InChI is InChI=1S/C3H4N2O3/c4-5-2(1-6)3(7)8/h1H,4H2,(H,7,8). The molecule has 0 unspecified atom stereocenters. The van der Waals surface area contributed by atoms with Gasteiger partial charge in [-0.2, -0.15) is 5.10 Å². The number of nitrogens with zero attached hydrogens (tertiary/aromatic N) is 1. The molecule has 0 saturated heterocycles. The molecule has 0 aliphatic carbocycles. The molecule has 0 amide bonds. The molecule has 0 aromatic rings. The maximum Gasteiger partial charge on any atom is 0.359 e. The summed E-state index contributed by atoms with van der Waals surface area (Å²) in [5, 5.41) is 10.6. The number of hydrazone groups is 1. The minimum atomic E-state index is -1.41. The number of hydrogen-bond donors (Lipinski definition) is 2. The first-order valence-electron chi connectivity index (χ1n) is 1.68. The number of carboxylic acid groups (broad SMARTS) is 1. The summed E-state index contributed by atoms with van der Waals surface area (Å²) < 4.78 is 0. The van der Waals surface area contributed by atoms with Crippen LogP contribution in [0.4, 0.5) is 0 Å². The van der Waals surface area contributed by atoms with E-state index in [1.807, 2.05) is 0 Å². The van der Waals surface area contributed by atoms with Crippen molar-refractivity contribution >= 4 is 18.0 Å². The Morgan fingerprint density at radius 3 is 2.25 bits per heavy atom. The van der Waals surface area contributed by atoms with Crippen molar-refractivity contribution in [1.29, 1.82) is 0 Å². The van der Waals surface area contributed by atoms with Crippen LogP contribution in [0.2, 0.25) is 0 Å². The summed E-state index contributed by atoms with van der Waals surface area (Å²) in [6, 6.07) is 0. The highest BCUT2D eigenvalue weighted by atomic mass is 16.4. The molecule has 0 rings (SSSR count). The van der Waals surface area contributed by atoms with Crippen LogP contribution < -0.4 is 5.84 Å². The van der Waals surface area contributed by atoms with Gasteiger partial charge < -0.3 is 10.9 Å². The van der Waals surface area contributed by atoms with Crippen molar-refractivity contribution in [3.05, 3.63) is 0 Å². The predicted molar refractivity (Wildman–Crippen MR) is 25.3 cm³/mol. The normalized spacial score (nSPS) is 10.8. The highest BCUT2D eigenvalue weighted by molar-refractivity contribution is 6.57. The van der Waals surface area contributed by atoms with Crippen LogP contribution in [0, 0.1) is 0 Å². The maximum absolute atomic E-state index is 9.72. The van der Waals surface area contributed by atoms with E-state index in [2.05, 4.69) is 10.9 Å². The van der Waals surface area contributed by atoms with Crippen LogP contribution >= 0.6 is 0 Å². The van der Waals surface area contributed by atoms with E-state index in [0.717, 1.165) is 0 Å². The Kier molecular flexibility index (Phi) is 2.25. The first kappa shape index (κ1) is 6.61. The fraction of sp³-hybridized carbons (Fsp3) is 0. The van der Waals surface area contributed by atoms with Gasteiger partial charge in [-0.15, -0.1) is 0 Å². The molecule has 44 valence electrons. The first-order chi connectivity index (χ1) is 3.72. The minimum absolute atomic E-state index is 0.0718. The van der Waals surface area contributed by atoms with Crippen molar-refractivity contribution in [2.45, 2.75) is 0 Å². The Morgan fingerprint density at radius 1 is 1.75 bits per heavy atom. The largest absolute Gasteiger partial charge is 0.476 e. The van der Waals surface area contributed by atoms with Gasteiger partial charge in [0, 0.05) is 0 Å². The number of rotatable bonds is 2. The molecule has 0 heterocycles. The lowest BCUT2D eigenvalue weighted by Crippen LogP contribution is -2.15. The summed E-state index contributed by atoms with van der Waals surface area (Å²) in [5.41, 5.74) is -0.676. The average Bonchev–Trinajstić information content (AvgIpc) is 1.69. The zero-order valence-corrected chi connectivity index (χ0v) is 3.87. The fourth-order valence-corrected chi connectivity index (χ4v) is 0.136. The van der Waals surface area contributed by atoms with Gasteiger partial charge in [0.05, 0.1) is 0 Å². The Balaban J connectivity index is 4.13. The Bertz CT molecular complexity index is 139. The molecule has 0 aliphatic rings. The third-order valence-corrected chi connectivity index (χ3v) is 0.470. The molecule has 5 heteroatoms. The molecule has 0 aromatic carbocycles. The zero-order valence-electron chi connectivity index (χ0n) is 3.87. The second-order valence-corrected chi connectivity index (χ2v) is 0.937. The maximum atomic E-state index is 9.72. The van der Waals surface area contributed by atoms with Gasteiger partial charge in [0.25, 0.3) is 0 Å². The monoisotopic (exact) mass is 116 g/mol. The lowest BCUT2D eigenvalue weighted by molar-refractivity contribution is -0.129. The molecule has 0 radical (unpaired) electrons. The lowest BCUT2D eigenvalue weighted by Gasteiger charge is -1.81. The number of nitrogens with two attached hydrogens (primary N) is 1. The SMILES string of the molecule is NN=C(C=O)C(=O)O. The fourth-order valence-electron chi connectivity index (χ4n) is 0.136. The summed E-state index contributed by atoms with van der Waals surface area (Å²) in [6.07, 6.45) is 0.0718. The number of carbonyl (C=O) groups is 2. The Morgan fingerprint density at radius 2 is 2.25 bits per heavy atom. The molecule has 8 heavy (non-hydrogen) atoms. The van der Waals surface area contributed by atoms with Gasteiger partial charge in [-0.3, -0.25) is 4.79 Å². The van der Waals surface area contributed by atoms with Crippen molar-refractivity contribution < 1.29 is 14.7 Å². The van der Waals surface area contributed by atoms with Crippen LogP contribution in [0.25, 0.3) is 0 Å². The van der Waals surface area contributed by atoms with Gasteiger partial charge >= 0.3 is 5.97 Å². The second-order valence-electron chi connectivity index (χ2n) is 0.937. The van der Waals surface area contributed by atoms with Crippen LogP contribution in [-0.2, 0) is 9.59 Å². The summed E-state index contributed by atoms with van der Waals surface area (Å²) in [4.78, 5) is 19.3. The van der Waals surface area contributed by atoms with E-state index in [-0.39, 0.29) is 6.29 Å². The quantitative estimate of drug-likeness (QED) is 0.152. The summed E-state index contributed by atoms with van der Waals surface area (Å²) in [7, 11) is 0. The van der Waals surface area contributed by atoms with Crippen LogP contribution in [0.5, 0.6) is 0 Å². The zero-order chi connectivity index (χ0) is 6.57. The smallest absolute Gasteiger partial charge is 0.359 e. The van der Waals surface area contributed by atoms with E-state index in [0.29, 0.717) is 0 Å². The lowest BCUT2D eigenvalue weighted by atomic mass is 10.4. The highest BCUT2D eigenvalue weighted by Crippen LogP contribution is 1.66.